The standard InChI is InChI=1S/C20H28N4O.HI/c1-15(2)19(23-17-10-5-4-6-11-17)13-22-20(21)24-18-12-8-7-9-16(18)14-25-3;/h4-12,15,19,23H,13-14H2,1-3H3,(H3,21,22,24);1H. The van der Waals surface area contributed by atoms with Crippen molar-refractivity contribution in [2.75, 3.05) is 24.3 Å². The second-order valence-electron chi connectivity index (χ2n) is 6.30. The minimum absolute atomic E-state index is 0. The largest absolute Gasteiger partial charge is 0.380 e. The summed E-state index contributed by atoms with van der Waals surface area (Å²) in [5.74, 6) is 0.835. The Morgan fingerprint density at radius 2 is 1.73 bits per heavy atom. The number of rotatable bonds is 8. The first-order chi connectivity index (χ1) is 12.1. The molecule has 0 fully saturated rings. The number of nitrogens with two attached hydrogens (primary N) is 1. The van der Waals surface area contributed by atoms with Gasteiger partial charge in [0.25, 0.3) is 0 Å². The van der Waals surface area contributed by atoms with Crippen molar-refractivity contribution in [3.8, 4) is 0 Å². The van der Waals surface area contributed by atoms with E-state index in [1.54, 1.807) is 7.11 Å². The molecule has 1 unspecified atom stereocenters. The Bertz CT molecular complexity index is 677. The lowest BCUT2D eigenvalue weighted by atomic mass is 10.0. The molecule has 0 aromatic heterocycles. The van der Waals surface area contributed by atoms with Gasteiger partial charge in [0, 0.05) is 30.1 Å². The molecule has 6 heteroatoms. The van der Waals surface area contributed by atoms with Gasteiger partial charge in [-0.1, -0.05) is 50.2 Å². The number of benzene rings is 2. The number of guanidine groups is 1. The summed E-state index contributed by atoms with van der Waals surface area (Å²) in [5.41, 5.74) is 9.14. The van der Waals surface area contributed by atoms with E-state index in [1.165, 1.54) is 0 Å². The van der Waals surface area contributed by atoms with Crippen LogP contribution in [0.1, 0.15) is 19.4 Å². The summed E-state index contributed by atoms with van der Waals surface area (Å²) in [7, 11) is 1.68. The molecule has 0 spiro atoms. The summed E-state index contributed by atoms with van der Waals surface area (Å²) in [6.45, 7) is 5.47. The van der Waals surface area contributed by atoms with E-state index in [4.69, 9.17) is 10.5 Å². The van der Waals surface area contributed by atoms with Crippen LogP contribution in [0.2, 0.25) is 0 Å². The number of ether oxygens (including phenoxy) is 1. The van der Waals surface area contributed by atoms with Crippen LogP contribution < -0.4 is 16.4 Å². The first-order valence-electron chi connectivity index (χ1n) is 8.55. The molecule has 0 aliphatic carbocycles. The first-order valence-corrected chi connectivity index (χ1v) is 8.55. The maximum atomic E-state index is 6.08. The molecule has 2 aromatic rings. The quantitative estimate of drug-likeness (QED) is 0.307. The fraction of sp³-hybridized carbons (Fsp3) is 0.350. The zero-order chi connectivity index (χ0) is 18.1. The predicted octanol–water partition coefficient (Wildman–Crippen LogP) is 4.31. The minimum atomic E-state index is 0. The molecular weight excluding hydrogens is 439 g/mol. The van der Waals surface area contributed by atoms with Crippen molar-refractivity contribution in [1.29, 1.82) is 0 Å². The van der Waals surface area contributed by atoms with Crippen LogP contribution in [0.15, 0.2) is 59.6 Å². The minimum Gasteiger partial charge on any atom is -0.380 e. The van der Waals surface area contributed by atoms with Crippen molar-refractivity contribution in [2.24, 2.45) is 16.6 Å². The van der Waals surface area contributed by atoms with Crippen molar-refractivity contribution in [3.63, 3.8) is 0 Å². The van der Waals surface area contributed by atoms with Crippen LogP contribution in [0.3, 0.4) is 0 Å². The van der Waals surface area contributed by atoms with Crippen molar-refractivity contribution in [3.05, 3.63) is 60.2 Å². The lowest BCUT2D eigenvalue weighted by Crippen LogP contribution is -2.31. The number of aliphatic imine (C=N–C) groups is 1. The van der Waals surface area contributed by atoms with Crippen LogP contribution in [0.4, 0.5) is 11.4 Å². The number of hydrogen-bond donors (Lipinski definition) is 3. The maximum absolute atomic E-state index is 6.08. The Labute approximate surface area is 173 Å². The number of hydrogen-bond acceptors (Lipinski definition) is 3. The molecule has 0 saturated carbocycles. The summed E-state index contributed by atoms with van der Waals surface area (Å²) in [5, 5.41) is 6.69. The van der Waals surface area contributed by atoms with Gasteiger partial charge in [0.15, 0.2) is 5.96 Å². The summed E-state index contributed by atoms with van der Waals surface area (Å²) >= 11 is 0. The molecule has 0 bridgehead atoms. The topological polar surface area (TPSA) is 71.7 Å². The van der Waals surface area contributed by atoms with Crippen LogP contribution >= 0.6 is 24.0 Å². The molecule has 4 N–H and O–H groups in total. The first kappa shape index (κ1) is 22.2. The van der Waals surface area contributed by atoms with E-state index in [2.05, 4.69) is 41.6 Å². The van der Waals surface area contributed by atoms with Gasteiger partial charge >= 0.3 is 0 Å². The van der Waals surface area contributed by atoms with Crippen molar-refractivity contribution in [1.82, 2.24) is 0 Å². The van der Waals surface area contributed by atoms with Crippen LogP contribution in [-0.2, 0) is 11.3 Å². The van der Waals surface area contributed by atoms with Gasteiger partial charge in [0.1, 0.15) is 0 Å². The predicted molar refractivity (Wildman–Crippen MR) is 121 cm³/mol. The van der Waals surface area contributed by atoms with Gasteiger partial charge in [0.2, 0.25) is 0 Å². The van der Waals surface area contributed by atoms with Crippen molar-refractivity contribution in [2.45, 2.75) is 26.5 Å². The van der Waals surface area contributed by atoms with E-state index in [0.717, 1.165) is 16.9 Å². The summed E-state index contributed by atoms with van der Waals surface area (Å²) in [6.07, 6.45) is 0. The van der Waals surface area contributed by atoms with Crippen LogP contribution in [-0.4, -0.2) is 25.7 Å². The number of methoxy groups -OCH3 is 1. The van der Waals surface area contributed by atoms with Crippen LogP contribution in [0.25, 0.3) is 0 Å². The average molecular weight is 468 g/mol. The highest BCUT2D eigenvalue weighted by molar-refractivity contribution is 14.0. The fourth-order valence-corrected chi connectivity index (χ4v) is 2.47. The zero-order valence-electron chi connectivity index (χ0n) is 15.6. The van der Waals surface area contributed by atoms with E-state index in [1.807, 2.05) is 42.5 Å². The second kappa shape index (κ2) is 11.7. The van der Waals surface area contributed by atoms with Gasteiger partial charge in [-0.15, -0.1) is 24.0 Å². The molecule has 0 aliphatic rings. The van der Waals surface area contributed by atoms with Gasteiger partial charge < -0.3 is 21.1 Å². The summed E-state index contributed by atoms with van der Waals surface area (Å²) in [4.78, 5) is 4.52. The molecule has 2 aromatic carbocycles. The Balaban J connectivity index is 0.00000338. The molecule has 0 amide bonds. The molecule has 0 aliphatic heterocycles. The molecular formula is C20H29IN4O. The number of nitrogens with zero attached hydrogens (tertiary/aromatic N) is 1. The molecule has 26 heavy (non-hydrogen) atoms. The Kier molecular flexibility index (Phi) is 10.0. The van der Waals surface area contributed by atoms with Gasteiger partial charge in [-0.05, 0) is 24.1 Å². The number of para-hydroxylation sites is 2. The van der Waals surface area contributed by atoms with E-state index >= 15 is 0 Å². The highest BCUT2D eigenvalue weighted by Gasteiger charge is 2.13. The summed E-state index contributed by atoms with van der Waals surface area (Å²) < 4.78 is 5.22. The van der Waals surface area contributed by atoms with Gasteiger partial charge in [0.05, 0.1) is 13.2 Å². The zero-order valence-corrected chi connectivity index (χ0v) is 17.9. The third kappa shape index (κ3) is 7.21. The van der Waals surface area contributed by atoms with Crippen molar-refractivity contribution < 1.29 is 4.74 Å². The lowest BCUT2D eigenvalue weighted by molar-refractivity contribution is 0.185. The van der Waals surface area contributed by atoms with E-state index < -0.39 is 0 Å². The van der Waals surface area contributed by atoms with Gasteiger partial charge in [-0.25, -0.2) is 0 Å². The van der Waals surface area contributed by atoms with Crippen LogP contribution in [0.5, 0.6) is 0 Å². The van der Waals surface area contributed by atoms with Crippen molar-refractivity contribution >= 4 is 41.3 Å². The van der Waals surface area contributed by atoms with Gasteiger partial charge in [-0.2, -0.15) is 0 Å². The van der Waals surface area contributed by atoms with Crippen LogP contribution in [0, 0.1) is 5.92 Å². The Morgan fingerprint density at radius 1 is 1.08 bits per heavy atom. The third-order valence-corrected chi connectivity index (χ3v) is 3.97. The molecule has 0 saturated heterocycles. The third-order valence-electron chi connectivity index (χ3n) is 3.97. The average Bonchev–Trinajstić information content (AvgIpc) is 2.61. The molecule has 5 nitrogen and oxygen atoms in total. The Hall–Kier alpha value is -1.80. The normalized spacial score (nSPS) is 12.4. The smallest absolute Gasteiger partial charge is 0.193 e. The highest BCUT2D eigenvalue weighted by atomic mass is 127. The lowest BCUT2D eigenvalue weighted by Gasteiger charge is -2.22. The maximum Gasteiger partial charge on any atom is 0.193 e. The highest BCUT2D eigenvalue weighted by Crippen LogP contribution is 2.16. The second-order valence-corrected chi connectivity index (χ2v) is 6.30. The number of halogens is 1. The number of nitrogens with one attached hydrogen (secondary N) is 2. The molecule has 1 atom stereocenters. The monoisotopic (exact) mass is 468 g/mol. The van der Waals surface area contributed by atoms with E-state index in [9.17, 15) is 0 Å². The van der Waals surface area contributed by atoms with E-state index in [0.29, 0.717) is 25.0 Å². The SMILES string of the molecule is COCc1ccccc1NC(N)=NCC(Nc1ccccc1)C(C)C.I. The molecule has 142 valence electrons. The molecule has 0 radical (unpaired) electrons. The summed E-state index contributed by atoms with van der Waals surface area (Å²) in [6, 6.07) is 18.3. The van der Waals surface area contributed by atoms with E-state index in [-0.39, 0.29) is 30.0 Å². The number of anilines is 2. The van der Waals surface area contributed by atoms with Gasteiger partial charge in [-0.3, -0.25) is 4.99 Å². The fourth-order valence-electron chi connectivity index (χ4n) is 2.47. The Morgan fingerprint density at radius 3 is 2.38 bits per heavy atom. The molecule has 0 heterocycles. The molecule has 2 rings (SSSR count).